The van der Waals surface area contributed by atoms with Gasteiger partial charge in [-0.15, -0.1) is 0 Å². The van der Waals surface area contributed by atoms with E-state index in [1.54, 1.807) is 0 Å². The Labute approximate surface area is 120 Å². The molecule has 0 amide bonds. The molecule has 1 unspecified atom stereocenters. The van der Waals surface area contributed by atoms with Gasteiger partial charge in [0.25, 0.3) is 0 Å². The summed E-state index contributed by atoms with van der Waals surface area (Å²) < 4.78 is 4.46. The fraction of sp³-hybridized carbons (Fsp3) is 0.500. The van der Waals surface area contributed by atoms with Crippen molar-refractivity contribution in [2.24, 2.45) is 9.98 Å². The van der Waals surface area contributed by atoms with Crippen LogP contribution in [0.15, 0.2) is 22.6 Å². The summed E-state index contributed by atoms with van der Waals surface area (Å²) in [5.74, 6) is -1.83. The lowest BCUT2D eigenvalue weighted by Gasteiger charge is -2.15. The van der Waals surface area contributed by atoms with Crippen LogP contribution in [0.2, 0.25) is 0 Å². The van der Waals surface area contributed by atoms with Crippen LogP contribution in [0, 0.1) is 0 Å². The summed E-state index contributed by atoms with van der Waals surface area (Å²) in [4.78, 5) is 45.8. The van der Waals surface area contributed by atoms with Gasteiger partial charge in [0, 0.05) is 12.5 Å². The van der Waals surface area contributed by atoms with Crippen LogP contribution in [-0.4, -0.2) is 59.6 Å². The molecule has 0 aliphatic carbocycles. The number of carboxylic acid groups (broad SMARTS) is 1. The second-order valence-corrected chi connectivity index (χ2v) is 3.65. The van der Waals surface area contributed by atoms with E-state index >= 15 is 0 Å². The molecule has 0 heterocycles. The molecule has 2 N–H and O–H groups in total. The number of hydrogen-bond donors (Lipinski definition) is 2. The maximum absolute atomic E-state index is 10.3. The van der Waals surface area contributed by atoms with E-state index in [1.165, 1.54) is 12.2 Å². The van der Waals surface area contributed by atoms with E-state index in [-0.39, 0.29) is 26.1 Å². The summed E-state index contributed by atoms with van der Waals surface area (Å²) in [6.45, 7) is 4.55. The third-order valence-corrected chi connectivity index (χ3v) is 1.91. The lowest BCUT2D eigenvalue weighted by molar-refractivity contribution is -0.156. The minimum atomic E-state index is -1.81. The topological polar surface area (TPSA) is 143 Å². The summed E-state index contributed by atoms with van der Waals surface area (Å²) in [6.07, 6.45) is 3.53. The first kappa shape index (κ1) is 20.7. The minimum Gasteiger partial charge on any atom is -0.479 e. The quantitative estimate of drug-likeness (QED) is 0.204. The number of esters is 1. The highest BCUT2D eigenvalue weighted by Gasteiger charge is 2.28. The average Bonchev–Trinajstić information content (AvgIpc) is 2.44. The highest BCUT2D eigenvalue weighted by molar-refractivity contribution is 5.81. The summed E-state index contributed by atoms with van der Waals surface area (Å²) in [7, 11) is 0. The van der Waals surface area contributed by atoms with Crippen molar-refractivity contribution < 1.29 is 34.1 Å². The van der Waals surface area contributed by atoms with Crippen molar-refractivity contribution in [3.8, 4) is 0 Å². The summed E-state index contributed by atoms with van der Waals surface area (Å²) >= 11 is 0. The van der Waals surface area contributed by atoms with E-state index in [0.29, 0.717) is 0 Å². The first-order valence-electron chi connectivity index (χ1n) is 5.64. The van der Waals surface area contributed by atoms with E-state index in [1.807, 2.05) is 0 Å². The Bertz CT molecular complexity index is 447. The average molecular weight is 300 g/mol. The fourth-order valence-corrected chi connectivity index (χ4v) is 0.723. The van der Waals surface area contributed by atoms with Gasteiger partial charge in [0.15, 0.2) is 5.60 Å². The number of carboxylic acids is 1. The Morgan fingerprint density at radius 3 is 2.24 bits per heavy atom. The molecule has 0 saturated carbocycles. The van der Waals surface area contributed by atoms with Crippen molar-refractivity contribution in [3.05, 3.63) is 12.7 Å². The summed E-state index contributed by atoms with van der Waals surface area (Å²) in [5, 5.41) is 17.4. The Kier molecular flexibility index (Phi) is 12.3. The van der Waals surface area contributed by atoms with E-state index < -0.39 is 17.5 Å². The van der Waals surface area contributed by atoms with E-state index in [4.69, 9.17) is 10.2 Å². The van der Waals surface area contributed by atoms with Crippen molar-refractivity contribution in [3.63, 3.8) is 0 Å². The van der Waals surface area contributed by atoms with Crippen molar-refractivity contribution in [1.82, 2.24) is 0 Å². The normalized spacial score (nSPS) is 11.3. The first-order chi connectivity index (χ1) is 9.81. The zero-order valence-corrected chi connectivity index (χ0v) is 11.4. The molecule has 0 fully saturated rings. The minimum absolute atomic E-state index is 0.0250. The third kappa shape index (κ3) is 13.6. The predicted molar refractivity (Wildman–Crippen MR) is 70.0 cm³/mol. The smallest absolute Gasteiger partial charge is 0.335 e. The van der Waals surface area contributed by atoms with E-state index in [0.717, 1.165) is 13.0 Å². The molecular formula is C12H16N2O7. The molecule has 9 nitrogen and oxygen atoms in total. The standard InChI is InChI=1S/C6H9NO4.C6H7NO3/c1-6(11,5(9)10)2-3-7-4-8;1-2-6(9)10-4-3-7-5-8/h11H,2-3H2,1H3,(H,9,10);2H,1,3-4H2. The number of nitrogens with zero attached hydrogens (tertiary/aromatic N) is 2. The van der Waals surface area contributed by atoms with Crippen LogP contribution in [0.25, 0.3) is 0 Å². The second-order valence-electron chi connectivity index (χ2n) is 3.65. The molecule has 1 atom stereocenters. The molecule has 0 aromatic rings. The van der Waals surface area contributed by atoms with Crippen LogP contribution < -0.4 is 0 Å². The Hall–Kier alpha value is -2.60. The lowest BCUT2D eigenvalue weighted by Crippen LogP contribution is -2.35. The van der Waals surface area contributed by atoms with Crippen LogP contribution in [0.1, 0.15) is 13.3 Å². The number of carbonyl (C=O) groups excluding carboxylic acids is 3. The Morgan fingerprint density at radius 2 is 1.81 bits per heavy atom. The van der Waals surface area contributed by atoms with Crippen molar-refractivity contribution in [2.45, 2.75) is 18.9 Å². The number of hydrogen-bond acceptors (Lipinski definition) is 8. The fourth-order valence-electron chi connectivity index (χ4n) is 0.723. The molecule has 0 spiro atoms. The van der Waals surface area contributed by atoms with Crippen LogP contribution in [0.5, 0.6) is 0 Å². The molecule has 0 aromatic heterocycles. The number of aliphatic hydroxyl groups is 1. The summed E-state index contributed by atoms with van der Waals surface area (Å²) in [5.41, 5.74) is -1.81. The zero-order chi connectivity index (χ0) is 16.7. The van der Waals surface area contributed by atoms with Gasteiger partial charge < -0.3 is 14.9 Å². The highest BCUT2D eigenvalue weighted by atomic mass is 16.5. The van der Waals surface area contributed by atoms with Gasteiger partial charge in [-0.25, -0.2) is 29.2 Å². The van der Waals surface area contributed by atoms with E-state index in [2.05, 4.69) is 21.3 Å². The van der Waals surface area contributed by atoms with Gasteiger partial charge in [0.05, 0.1) is 13.1 Å². The number of aliphatic carboxylic acids is 1. The van der Waals surface area contributed by atoms with Gasteiger partial charge in [-0.05, 0) is 6.92 Å². The van der Waals surface area contributed by atoms with Gasteiger partial charge in [-0.3, -0.25) is 0 Å². The number of carbonyl (C=O) groups is 2. The van der Waals surface area contributed by atoms with Crippen LogP contribution in [0.4, 0.5) is 0 Å². The van der Waals surface area contributed by atoms with Crippen molar-refractivity contribution in [1.29, 1.82) is 0 Å². The molecule has 0 radical (unpaired) electrons. The molecule has 0 rings (SSSR count). The number of isocyanates is 2. The number of aliphatic imine (C=N–C) groups is 2. The maximum atomic E-state index is 10.3. The Balaban J connectivity index is 0. The molecule has 9 heteroatoms. The van der Waals surface area contributed by atoms with Gasteiger partial charge >= 0.3 is 11.9 Å². The maximum Gasteiger partial charge on any atom is 0.335 e. The largest absolute Gasteiger partial charge is 0.479 e. The SMILES string of the molecule is C=CC(=O)OCCN=C=O.CC(O)(CCN=C=O)C(=O)O. The van der Waals surface area contributed by atoms with Crippen LogP contribution in [-0.2, 0) is 23.9 Å². The van der Waals surface area contributed by atoms with Crippen molar-refractivity contribution >= 4 is 24.1 Å². The molecule has 21 heavy (non-hydrogen) atoms. The Morgan fingerprint density at radius 1 is 1.29 bits per heavy atom. The second kappa shape index (κ2) is 12.4. The molecule has 0 aliphatic rings. The predicted octanol–water partition coefficient (Wildman–Crippen LogP) is -0.401. The first-order valence-corrected chi connectivity index (χ1v) is 5.64. The zero-order valence-electron chi connectivity index (χ0n) is 11.4. The molecular weight excluding hydrogens is 284 g/mol. The molecule has 0 bridgehead atoms. The highest BCUT2D eigenvalue weighted by Crippen LogP contribution is 2.08. The lowest BCUT2D eigenvalue weighted by atomic mass is 10.0. The molecule has 0 aromatic carbocycles. The van der Waals surface area contributed by atoms with Crippen molar-refractivity contribution in [2.75, 3.05) is 19.7 Å². The summed E-state index contributed by atoms with van der Waals surface area (Å²) in [6, 6.07) is 0. The van der Waals surface area contributed by atoms with Crippen LogP contribution in [0.3, 0.4) is 0 Å². The van der Waals surface area contributed by atoms with E-state index in [9.17, 15) is 19.2 Å². The number of rotatable bonds is 8. The monoisotopic (exact) mass is 300 g/mol. The van der Waals surface area contributed by atoms with Gasteiger partial charge in [0.2, 0.25) is 12.2 Å². The van der Waals surface area contributed by atoms with Gasteiger partial charge in [-0.2, -0.15) is 0 Å². The van der Waals surface area contributed by atoms with Gasteiger partial charge in [-0.1, -0.05) is 6.58 Å². The number of ether oxygens (including phenoxy) is 1. The molecule has 116 valence electrons. The third-order valence-electron chi connectivity index (χ3n) is 1.91. The molecule has 0 aliphatic heterocycles. The molecule has 0 saturated heterocycles. The van der Waals surface area contributed by atoms with Crippen LogP contribution >= 0.6 is 0 Å². The van der Waals surface area contributed by atoms with Gasteiger partial charge in [0.1, 0.15) is 6.61 Å².